The minimum Gasteiger partial charge on any atom is -0.510 e. The number of benzene rings is 4. The van der Waals surface area contributed by atoms with E-state index in [1.165, 1.54) is 28.1 Å². The van der Waals surface area contributed by atoms with Crippen LogP contribution in [0, 0.1) is 0 Å². The molecule has 4 aromatic carbocycles. The van der Waals surface area contributed by atoms with Crippen molar-refractivity contribution < 1.29 is 48.7 Å². The van der Waals surface area contributed by atoms with Crippen LogP contribution in [0.4, 0.5) is 22.7 Å². The number of ketones is 1. The average molecular weight is 748 g/mol. The Labute approximate surface area is 315 Å². The van der Waals surface area contributed by atoms with Gasteiger partial charge in [0.1, 0.15) is 53.4 Å². The van der Waals surface area contributed by atoms with Crippen LogP contribution in [0.3, 0.4) is 0 Å². The quantitative estimate of drug-likeness (QED) is 0.0254. The molecule has 0 unspecified atom stereocenters. The Bertz CT molecular complexity index is 1830. The molecule has 0 heterocycles. The number of nitrogens with two attached hydrogens (primary N) is 1. The monoisotopic (exact) mass is 747 g/mol. The van der Waals surface area contributed by atoms with Crippen molar-refractivity contribution in [2.75, 3.05) is 57.0 Å². The standard InChI is InChI=1S/C19H21N3O5.C11H13NO3.C8H11NO2.CH4/c1-13(24)18(19(25)20-14-7-3-5-9-16(14)26-2)22-21-15-8-4-6-10-17(15)27-12-11-23;1-8(13)7-11(14)12-9-5-3-4-6-10(9)15-2;9-7-3-1-2-4-8(7)11-6-5-10;/h3-10,23-24H,11-12H2,1-2H3,(H,20,25);3-6H,7H2,1-2H3,(H,12,14);1-4,10H,5-6,9H2;1H4. The minimum absolute atomic E-state index is 0. The summed E-state index contributed by atoms with van der Waals surface area (Å²) in [5.41, 5.74) is 7.27. The number of carbonyl (C=O) groups excluding carboxylic acids is 3. The first kappa shape index (κ1) is 45.6. The molecule has 2 amide bonds. The lowest BCUT2D eigenvalue weighted by Crippen LogP contribution is -2.15. The second kappa shape index (κ2) is 25.5. The number of hydrogen-bond donors (Lipinski definition) is 6. The van der Waals surface area contributed by atoms with Crippen LogP contribution in [0.2, 0.25) is 0 Å². The van der Waals surface area contributed by atoms with Crippen molar-refractivity contribution >= 4 is 40.3 Å². The van der Waals surface area contributed by atoms with Crippen molar-refractivity contribution in [2.45, 2.75) is 27.7 Å². The molecule has 0 radical (unpaired) electrons. The molecular weight excluding hydrogens is 698 g/mol. The lowest BCUT2D eigenvalue weighted by molar-refractivity contribution is -0.124. The second-order valence-electron chi connectivity index (χ2n) is 10.6. The zero-order valence-electron chi connectivity index (χ0n) is 29.9. The highest BCUT2D eigenvalue weighted by atomic mass is 16.5. The third kappa shape index (κ3) is 16.3. The fourth-order valence-corrected chi connectivity index (χ4v) is 4.07. The van der Waals surface area contributed by atoms with E-state index in [4.69, 9.17) is 34.9 Å². The molecule has 0 aliphatic rings. The van der Waals surface area contributed by atoms with Gasteiger partial charge in [-0.25, -0.2) is 0 Å². The van der Waals surface area contributed by atoms with Gasteiger partial charge in [-0.3, -0.25) is 14.4 Å². The number of aliphatic hydroxyl groups excluding tert-OH is 3. The lowest BCUT2D eigenvalue weighted by atomic mass is 10.2. The number of anilines is 3. The molecule has 0 aliphatic carbocycles. The lowest BCUT2D eigenvalue weighted by Gasteiger charge is -2.10. The number of nitrogens with zero attached hydrogens (tertiary/aromatic N) is 2. The number of allylic oxidation sites excluding steroid dienone is 1. The molecule has 4 rings (SSSR count). The minimum atomic E-state index is -0.642. The zero-order valence-corrected chi connectivity index (χ0v) is 29.9. The number of para-hydroxylation sites is 7. The van der Waals surface area contributed by atoms with Gasteiger partial charge in [-0.15, -0.1) is 10.2 Å². The number of hydrogen-bond acceptors (Lipinski definition) is 13. The average Bonchev–Trinajstić information content (AvgIpc) is 3.14. The zero-order chi connectivity index (χ0) is 39.0. The summed E-state index contributed by atoms with van der Waals surface area (Å²) in [7, 11) is 3.01. The molecule has 0 saturated heterocycles. The molecule has 4 aromatic rings. The van der Waals surface area contributed by atoms with E-state index in [-0.39, 0.29) is 63.4 Å². The molecule has 0 atom stereocenters. The summed E-state index contributed by atoms with van der Waals surface area (Å²) in [5, 5.41) is 40.3. The van der Waals surface area contributed by atoms with Crippen LogP contribution in [-0.4, -0.2) is 73.6 Å². The van der Waals surface area contributed by atoms with Crippen LogP contribution in [-0.2, 0) is 14.4 Å². The van der Waals surface area contributed by atoms with Crippen molar-refractivity contribution in [2.24, 2.45) is 10.2 Å². The molecular formula is C39H49N5O10. The Morgan fingerprint density at radius 2 is 1.15 bits per heavy atom. The number of carbonyl (C=O) groups is 3. The first-order valence-electron chi connectivity index (χ1n) is 16.1. The fourth-order valence-electron chi connectivity index (χ4n) is 4.07. The third-order valence-electron chi connectivity index (χ3n) is 6.44. The van der Waals surface area contributed by atoms with Gasteiger partial charge in [-0.05, 0) is 62.4 Å². The maximum atomic E-state index is 12.5. The Balaban J connectivity index is 0.000000453. The Morgan fingerprint density at radius 3 is 1.65 bits per heavy atom. The molecule has 15 nitrogen and oxygen atoms in total. The van der Waals surface area contributed by atoms with Gasteiger partial charge in [-0.1, -0.05) is 56.0 Å². The normalized spacial score (nSPS) is 10.5. The second-order valence-corrected chi connectivity index (χ2v) is 10.6. The number of methoxy groups -OCH3 is 2. The maximum absolute atomic E-state index is 12.5. The third-order valence-corrected chi connectivity index (χ3v) is 6.44. The summed E-state index contributed by atoms with van der Waals surface area (Å²) in [6, 6.07) is 27.9. The maximum Gasteiger partial charge on any atom is 0.279 e. The summed E-state index contributed by atoms with van der Waals surface area (Å²) in [6.07, 6.45) is -0.113. The van der Waals surface area contributed by atoms with Crippen LogP contribution in [0.25, 0.3) is 0 Å². The topological polar surface area (TPSA) is 224 Å². The van der Waals surface area contributed by atoms with Crippen LogP contribution in [0.5, 0.6) is 23.0 Å². The molecule has 0 spiro atoms. The first-order valence-corrected chi connectivity index (χ1v) is 16.1. The van der Waals surface area contributed by atoms with E-state index in [9.17, 15) is 19.5 Å². The summed E-state index contributed by atoms with van der Waals surface area (Å²) in [6.45, 7) is 2.96. The van der Waals surface area contributed by atoms with E-state index in [2.05, 4.69) is 20.9 Å². The molecule has 7 N–H and O–H groups in total. The Morgan fingerprint density at radius 1 is 0.685 bits per heavy atom. The number of ether oxygens (including phenoxy) is 4. The molecule has 290 valence electrons. The predicted molar refractivity (Wildman–Crippen MR) is 208 cm³/mol. The van der Waals surface area contributed by atoms with Gasteiger partial charge in [-0.2, -0.15) is 0 Å². The van der Waals surface area contributed by atoms with Crippen molar-refractivity contribution in [1.29, 1.82) is 0 Å². The number of Topliss-reactive ketones (excluding diaryl/α,β-unsaturated/α-hetero) is 1. The predicted octanol–water partition coefficient (Wildman–Crippen LogP) is 6.47. The van der Waals surface area contributed by atoms with Gasteiger partial charge >= 0.3 is 0 Å². The first-order chi connectivity index (χ1) is 25.5. The van der Waals surface area contributed by atoms with Gasteiger partial charge < -0.3 is 50.6 Å². The molecule has 0 aromatic heterocycles. The van der Waals surface area contributed by atoms with Gasteiger partial charge in [0.05, 0.1) is 50.9 Å². The van der Waals surface area contributed by atoms with Gasteiger partial charge in [0.2, 0.25) is 5.91 Å². The van der Waals surface area contributed by atoms with Crippen LogP contribution in [0.1, 0.15) is 27.7 Å². The van der Waals surface area contributed by atoms with Crippen molar-refractivity contribution in [3.05, 3.63) is 109 Å². The Kier molecular flexibility index (Phi) is 21.5. The molecule has 0 bridgehead atoms. The van der Waals surface area contributed by atoms with E-state index in [0.29, 0.717) is 45.7 Å². The highest BCUT2D eigenvalue weighted by molar-refractivity contribution is 6.05. The van der Waals surface area contributed by atoms with E-state index < -0.39 is 5.91 Å². The number of nitrogens with one attached hydrogen (secondary N) is 2. The number of rotatable bonds is 15. The summed E-state index contributed by atoms with van der Waals surface area (Å²) >= 11 is 0. The molecule has 54 heavy (non-hydrogen) atoms. The summed E-state index contributed by atoms with van der Waals surface area (Å²) < 4.78 is 20.7. The van der Waals surface area contributed by atoms with Crippen LogP contribution in [0.15, 0.2) is 119 Å². The number of aliphatic hydroxyl groups is 3. The molecule has 15 heteroatoms. The van der Waals surface area contributed by atoms with Crippen molar-refractivity contribution in [3.63, 3.8) is 0 Å². The fraction of sp³-hybridized carbons (Fsp3) is 0.256. The van der Waals surface area contributed by atoms with E-state index in [1.807, 2.05) is 12.1 Å². The highest BCUT2D eigenvalue weighted by Crippen LogP contribution is 2.29. The van der Waals surface area contributed by atoms with E-state index >= 15 is 0 Å². The highest BCUT2D eigenvalue weighted by Gasteiger charge is 2.16. The number of azo groups is 1. The molecule has 0 fully saturated rings. The number of amides is 2. The van der Waals surface area contributed by atoms with E-state index in [0.717, 1.165) is 0 Å². The van der Waals surface area contributed by atoms with Crippen LogP contribution >= 0.6 is 0 Å². The van der Waals surface area contributed by atoms with Gasteiger partial charge in [0.15, 0.2) is 5.70 Å². The van der Waals surface area contributed by atoms with Crippen molar-refractivity contribution in [3.8, 4) is 23.0 Å². The summed E-state index contributed by atoms with van der Waals surface area (Å²) in [5.74, 6) is 0.651. The SMILES string of the molecule is C.COc1ccccc1NC(=O)C(N=Nc1ccccc1OCCO)=C(C)O.COc1ccccc1NC(=O)CC(C)=O.Nc1ccccc1OCCO. The molecule has 0 aliphatic heterocycles. The van der Waals surface area contributed by atoms with Crippen LogP contribution < -0.4 is 35.3 Å². The van der Waals surface area contributed by atoms with Crippen molar-refractivity contribution in [1.82, 2.24) is 0 Å². The smallest absolute Gasteiger partial charge is 0.279 e. The summed E-state index contributed by atoms with van der Waals surface area (Å²) in [4.78, 5) is 34.5. The van der Waals surface area contributed by atoms with Gasteiger partial charge in [0, 0.05) is 0 Å². The van der Waals surface area contributed by atoms with Gasteiger partial charge in [0.25, 0.3) is 5.91 Å². The number of nitrogen functional groups attached to an aromatic ring is 1. The largest absolute Gasteiger partial charge is 0.510 e. The van der Waals surface area contributed by atoms with E-state index in [1.54, 1.807) is 84.9 Å². The molecule has 0 saturated carbocycles. The Hall–Kier alpha value is -6.45.